The zero-order valence-corrected chi connectivity index (χ0v) is 11.7. The monoisotopic (exact) mass is 287 g/mol. The van der Waals surface area contributed by atoms with Gasteiger partial charge in [0.15, 0.2) is 0 Å². The topological polar surface area (TPSA) is 72.5 Å². The molecule has 0 spiro atoms. The van der Waals surface area contributed by atoms with Gasteiger partial charge < -0.3 is 10.1 Å². The summed E-state index contributed by atoms with van der Waals surface area (Å²) in [6, 6.07) is 8.20. The molecule has 1 amide bonds. The first kappa shape index (κ1) is 15.0. The van der Waals surface area contributed by atoms with E-state index in [0.717, 1.165) is 0 Å². The molecule has 1 aliphatic carbocycles. The zero-order valence-electron chi connectivity index (χ0n) is 11.7. The fourth-order valence-corrected chi connectivity index (χ4v) is 2.33. The number of aldehydes is 1. The Kier molecular flexibility index (Phi) is 4.87. The minimum absolute atomic E-state index is 0.269. The number of hydrogen-bond donors (Lipinski definition) is 1. The van der Waals surface area contributed by atoms with Gasteiger partial charge in [0.05, 0.1) is 18.6 Å². The highest BCUT2D eigenvalue weighted by Crippen LogP contribution is 2.26. The van der Waals surface area contributed by atoms with Gasteiger partial charge in [-0.05, 0) is 31.1 Å². The summed E-state index contributed by atoms with van der Waals surface area (Å²) in [4.78, 5) is 35.0. The summed E-state index contributed by atoms with van der Waals surface area (Å²) in [6.45, 7) is 1.99. The van der Waals surface area contributed by atoms with E-state index in [9.17, 15) is 14.4 Å². The number of nitrogens with one attached hydrogen (secondary N) is 1. The average Bonchev–Trinajstić information content (AvgIpc) is 2.91. The summed E-state index contributed by atoms with van der Waals surface area (Å²) in [5.41, 5.74) is 1.01. The predicted octanol–water partition coefficient (Wildman–Crippen LogP) is 1.49. The molecule has 0 bridgehead atoms. The lowest BCUT2D eigenvalue weighted by atomic mass is 10.0. The highest BCUT2D eigenvalue weighted by Gasteiger charge is 2.35. The van der Waals surface area contributed by atoms with Crippen molar-refractivity contribution < 1.29 is 19.1 Å². The van der Waals surface area contributed by atoms with Gasteiger partial charge in [0.1, 0.15) is 6.29 Å². The number of allylic oxidation sites excluding steroid dienone is 1. The summed E-state index contributed by atoms with van der Waals surface area (Å²) in [5, 5.41) is 2.77. The second-order valence-electron chi connectivity index (χ2n) is 4.79. The molecule has 5 heteroatoms. The third kappa shape index (κ3) is 3.56. The molecule has 1 aromatic carbocycles. The van der Waals surface area contributed by atoms with Crippen LogP contribution in [0.4, 0.5) is 0 Å². The summed E-state index contributed by atoms with van der Waals surface area (Å²) in [5.74, 6) is -1.22. The number of carbonyl (C=O) groups excluding carboxylic acids is 3. The van der Waals surface area contributed by atoms with Crippen LogP contribution in [0.15, 0.2) is 42.0 Å². The van der Waals surface area contributed by atoms with Crippen LogP contribution in [-0.4, -0.2) is 30.8 Å². The molecule has 0 saturated heterocycles. The average molecular weight is 287 g/mol. The van der Waals surface area contributed by atoms with Gasteiger partial charge >= 0.3 is 5.97 Å². The van der Waals surface area contributed by atoms with Gasteiger partial charge in [0.2, 0.25) is 0 Å². The van der Waals surface area contributed by atoms with E-state index < -0.39 is 17.9 Å². The Morgan fingerprint density at radius 3 is 2.67 bits per heavy atom. The quantitative estimate of drug-likeness (QED) is 0.658. The van der Waals surface area contributed by atoms with E-state index in [1.165, 1.54) is 0 Å². The minimum Gasteiger partial charge on any atom is -0.466 e. The van der Waals surface area contributed by atoms with Crippen LogP contribution < -0.4 is 5.32 Å². The summed E-state index contributed by atoms with van der Waals surface area (Å²) < 4.78 is 5.00. The van der Waals surface area contributed by atoms with Gasteiger partial charge in [-0.2, -0.15) is 0 Å². The van der Waals surface area contributed by atoms with Crippen LogP contribution in [0.1, 0.15) is 23.7 Å². The molecular formula is C16H17NO4. The standard InChI is InChI=1S/C16H17NO4/c1-2-21-16(20)13-8-11(10-18)9-14(13)17-15(19)12-6-4-3-5-7-12/h3-7,9-10,13-14H,2,8H2,1H3,(H,17,19)/t13-,14+/m1/s1. The lowest BCUT2D eigenvalue weighted by Crippen LogP contribution is -2.40. The van der Waals surface area contributed by atoms with Crippen LogP contribution >= 0.6 is 0 Å². The number of benzene rings is 1. The smallest absolute Gasteiger partial charge is 0.311 e. The Balaban J connectivity index is 2.11. The molecule has 110 valence electrons. The van der Waals surface area contributed by atoms with Crippen LogP contribution in [0.5, 0.6) is 0 Å². The number of ether oxygens (including phenoxy) is 1. The first-order valence-corrected chi connectivity index (χ1v) is 6.84. The molecule has 0 radical (unpaired) electrons. The van der Waals surface area contributed by atoms with Crippen LogP contribution in [0.3, 0.4) is 0 Å². The largest absolute Gasteiger partial charge is 0.466 e. The first-order valence-electron chi connectivity index (χ1n) is 6.84. The molecule has 0 heterocycles. The van der Waals surface area contributed by atoms with Crippen LogP contribution in [-0.2, 0) is 14.3 Å². The van der Waals surface area contributed by atoms with Gasteiger partial charge in [-0.25, -0.2) is 0 Å². The van der Waals surface area contributed by atoms with E-state index in [-0.39, 0.29) is 12.5 Å². The van der Waals surface area contributed by atoms with Crippen molar-refractivity contribution in [3.63, 3.8) is 0 Å². The van der Waals surface area contributed by atoms with Crippen molar-refractivity contribution in [2.45, 2.75) is 19.4 Å². The lowest BCUT2D eigenvalue weighted by molar-refractivity contribution is -0.148. The summed E-state index contributed by atoms with van der Waals surface area (Å²) in [6.07, 6.45) is 2.62. The molecule has 0 saturated carbocycles. The molecule has 0 aromatic heterocycles. The fourth-order valence-electron chi connectivity index (χ4n) is 2.33. The van der Waals surface area contributed by atoms with Crippen molar-refractivity contribution in [2.24, 2.45) is 5.92 Å². The maximum absolute atomic E-state index is 12.1. The maximum atomic E-state index is 12.1. The SMILES string of the molecule is CCOC(=O)[C@@H]1CC(C=O)=C[C@@H]1NC(=O)c1ccccc1. The van der Waals surface area contributed by atoms with Crippen molar-refractivity contribution in [2.75, 3.05) is 6.61 Å². The van der Waals surface area contributed by atoms with Crippen molar-refractivity contribution >= 4 is 18.2 Å². The summed E-state index contributed by atoms with van der Waals surface area (Å²) >= 11 is 0. The zero-order chi connectivity index (χ0) is 15.2. The fraction of sp³-hybridized carbons (Fsp3) is 0.312. The van der Waals surface area contributed by atoms with Gasteiger partial charge in [-0.1, -0.05) is 24.3 Å². The predicted molar refractivity (Wildman–Crippen MR) is 76.6 cm³/mol. The summed E-state index contributed by atoms with van der Waals surface area (Å²) in [7, 11) is 0. The molecule has 2 rings (SSSR count). The molecule has 1 aromatic rings. The van der Waals surface area contributed by atoms with Gasteiger partial charge in [0, 0.05) is 5.56 Å². The molecule has 5 nitrogen and oxygen atoms in total. The molecule has 1 N–H and O–H groups in total. The first-order chi connectivity index (χ1) is 10.2. The number of rotatable bonds is 5. The molecule has 1 aliphatic rings. The van der Waals surface area contributed by atoms with E-state index >= 15 is 0 Å². The molecule has 0 aliphatic heterocycles. The van der Waals surface area contributed by atoms with E-state index in [2.05, 4.69) is 5.32 Å². The lowest BCUT2D eigenvalue weighted by Gasteiger charge is -2.19. The third-order valence-electron chi connectivity index (χ3n) is 3.36. The highest BCUT2D eigenvalue weighted by atomic mass is 16.5. The number of carbonyl (C=O) groups is 3. The van der Waals surface area contributed by atoms with E-state index in [1.54, 1.807) is 37.3 Å². The van der Waals surface area contributed by atoms with E-state index in [1.807, 2.05) is 6.07 Å². The molecule has 0 fully saturated rings. The molecular weight excluding hydrogens is 270 g/mol. The second-order valence-corrected chi connectivity index (χ2v) is 4.79. The van der Waals surface area contributed by atoms with Crippen LogP contribution in [0, 0.1) is 5.92 Å². The Bertz CT molecular complexity index is 565. The van der Waals surface area contributed by atoms with E-state index in [4.69, 9.17) is 4.74 Å². The van der Waals surface area contributed by atoms with Crippen molar-refractivity contribution in [1.82, 2.24) is 5.32 Å². The number of esters is 1. The van der Waals surface area contributed by atoms with Crippen molar-refractivity contribution in [1.29, 1.82) is 0 Å². The van der Waals surface area contributed by atoms with Crippen molar-refractivity contribution in [3.8, 4) is 0 Å². The Morgan fingerprint density at radius 2 is 2.05 bits per heavy atom. The van der Waals surface area contributed by atoms with Gasteiger partial charge in [0.25, 0.3) is 5.91 Å². The Morgan fingerprint density at radius 1 is 1.33 bits per heavy atom. The Labute approximate surface area is 123 Å². The number of amides is 1. The number of hydrogen-bond acceptors (Lipinski definition) is 4. The van der Waals surface area contributed by atoms with E-state index in [0.29, 0.717) is 23.8 Å². The third-order valence-corrected chi connectivity index (χ3v) is 3.36. The second kappa shape index (κ2) is 6.83. The van der Waals surface area contributed by atoms with Gasteiger partial charge in [-0.15, -0.1) is 0 Å². The molecule has 0 unspecified atom stereocenters. The van der Waals surface area contributed by atoms with Crippen molar-refractivity contribution in [3.05, 3.63) is 47.5 Å². The Hall–Kier alpha value is -2.43. The minimum atomic E-state index is -0.544. The molecule has 21 heavy (non-hydrogen) atoms. The van der Waals surface area contributed by atoms with Gasteiger partial charge in [-0.3, -0.25) is 14.4 Å². The van der Waals surface area contributed by atoms with Crippen LogP contribution in [0.2, 0.25) is 0 Å². The van der Waals surface area contributed by atoms with Crippen LogP contribution in [0.25, 0.3) is 0 Å². The highest BCUT2D eigenvalue weighted by molar-refractivity contribution is 5.95. The molecule has 2 atom stereocenters. The normalized spacial score (nSPS) is 20.5. The maximum Gasteiger partial charge on any atom is 0.311 e.